The molecule has 0 saturated heterocycles. The lowest BCUT2D eigenvalue weighted by atomic mass is 9.97. The molecule has 3 rings (SSSR count). The molecule has 5 nitrogen and oxygen atoms in total. The Bertz CT molecular complexity index is 1020. The summed E-state index contributed by atoms with van der Waals surface area (Å²) >= 11 is 0. The van der Waals surface area contributed by atoms with Crippen LogP contribution in [-0.4, -0.2) is 19.2 Å². The minimum absolute atomic E-state index is 0.186. The summed E-state index contributed by atoms with van der Waals surface area (Å²) in [5.41, 5.74) is 3.62. The second kappa shape index (κ2) is 8.08. The molecule has 0 atom stereocenters. The summed E-state index contributed by atoms with van der Waals surface area (Å²) < 4.78 is 15.9. The zero-order valence-electron chi connectivity index (χ0n) is 15.7. The normalized spacial score (nSPS) is 10.8. The molecule has 0 spiro atoms. The van der Waals surface area contributed by atoms with Crippen LogP contribution in [0.1, 0.15) is 29.2 Å². The van der Waals surface area contributed by atoms with Gasteiger partial charge in [0.15, 0.2) is 6.61 Å². The number of benzene rings is 2. The Kier molecular flexibility index (Phi) is 5.60. The van der Waals surface area contributed by atoms with Crippen molar-refractivity contribution in [1.29, 1.82) is 0 Å². The predicted octanol–water partition coefficient (Wildman–Crippen LogP) is 3.94. The Morgan fingerprint density at radius 3 is 2.56 bits per heavy atom. The molecule has 0 amide bonds. The van der Waals surface area contributed by atoms with E-state index in [0.29, 0.717) is 29.9 Å². The highest BCUT2D eigenvalue weighted by atomic mass is 16.6. The van der Waals surface area contributed by atoms with Gasteiger partial charge in [0.05, 0.1) is 6.61 Å². The lowest BCUT2D eigenvalue weighted by molar-refractivity contribution is -0.145. The molecule has 3 aromatic rings. The minimum Gasteiger partial charge on any atom is -0.482 e. The second-order valence-corrected chi connectivity index (χ2v) is 6.36. The number of ether oxygens (including phenoxy) is 2. The number of aryl methyl sites for hydroxylation is 2. The molecule has 27 heavy (non-hydrogen) atoms. The van der Waals surface area contributed by atoms with Crippen LogP contribution in [0.3, 0.4) is 0 Å². The van der Waals surface area contributed by atoms with Crippen molar-refractivity contribution in [3.8, 4) is 5.75 Å². The van der Waals surface area contributed by atoms with E-state index in [4.69, 9.17) is 13.9 Å². The third-order valence-corrected chi connectivity index (χ3v) is 4.44. The molecular weight excluding hydrogens is 344 g/mol. The second-order valence-electron chi connectivity index (χ2n) is 6.36. The van der Waals surface area contributed by atoms with Gasteiger partial charge in [0, 0.05) is 23.4 Å². The van der Waals surface area contributed by atoms with Crippen LogP contribution in [0.2, 0.25) is 0 Å². The Labute approximate surface area is 157 Å². The van der Waals surface area contributed by atoms with Crippen molar-refractivity contribution in [1.82, 2.24) is 0 Å². The summed E-state index contributed by atoms with van der Waals surface area (Å²) in [7, 11) is 0. The molecule has 140 valence electrons. The number of fused-ring (bicyclic) bond motifs is 1. The summed E-state index contributed by atoms with van der Waals surface area (Å²) in [4.78, 5) is 24.0. The van der Waals surface area contributed by atoms with Gasteiger partial charge in [-0.05, 0) is 43.5 Å². The quantitative estimate of drug-likeness (QED) is 0.488. The Hall–Kier alpha value is -3.08. The van der Waals surface area contributed by atoms with Crippen LogP contribution in [0.4, 0.5) is 0 Å². The first-order chi connectivity index (χ1) is 13.0. The fourth-order valence-corrected chi connectivity index (χ4v) is 3.18. The smallest absolute Gasteiger partial charge is 0.344 e. The highest BCUT2D eigenvalue weighted by Crippen LogP contribution is 2.28. The molecule has 0 aliphatic heterocycles. The third kappa shape index (κ3) is 4.19. The van der Waals surface area contributed by atoms with Crippen molar-refractivity contribution in [2.75, 3.05) is 13.2 Å². The van der Waals surface area contributed by atoms with Gasteiger partial charge in [-0.1, -0.05) is 30.3 Å². The van der Waals surface area contributed by atoms with E-state index in [-0.39, 0.29) is 12.2 Å². The highest BCUT2D eigenvalue weighted by Gasteiger charge is 2.15. The average Bonchev–Trinajstić information content (AvgIpc) is 2.64. The van der Waals surface area contributed by atoms with Gasteiger partial charge in [0.25, 0.3) is 0 Å². The maximum absolute atomic E-state index is 12.6. The van der Waals surface area contributed by atoms with Crippen LogP contribution >= 0.6 is 0 Å². The zero-order chi connectivity index (χ0) is 19.4. The Balaban J connectivity index is 1.96. The van der Waals surface area contributed by atoms with Crippen molar-refractivity contribution in [3.05, 3.63) is 75.1 Å². The molecule has 2 aromatic carbocycles. The van der Waals surface area contributed by atoms with Crippen LogP contribution < -0.4 is 10.4 Å². The molecule has 1 heterocycles. The van der Waals surface area contributed by atoms with Crippen molar-refractivity contribution in [2.24, 2.45) is 0 Å². The number of rotatable bonds is 6. The van der Waals surface area contributed by atoms with Crippen LogP contribution in [0.25, 0.3) is 11.0 Å². The average molecular weight is 366 g/mol. The van der Waals surface area contributed by atoms with E-state index in [1.165, 1.54) is 0 Å². The summed E-state index contributed by atoms with van der Waals surface area (Å²) in [5.74, 6) is 0.0255. The highest BCUT2D eigenvalue weighted by molar-refractivity contribution is 5.86. The van der Waals surface area contributed by atoms with Gasteiger partial charge in [-0.15, -0.1) is 0 Å². The van der Waals surface area contributed by atoms with E-state index in [0.717, 1.165) is 22.1 Å². The van der Waals surface area contributed by atoms with Crippen molar-refractivity contribution in [2.45, 2.75) is 27.2 Å². The number of hydrogen-bond donors (Lipinski definition) is 0. The van der Waals surface area contributed by atoms with E-state index >= 15 is 0 Å². The van der Waals surface area contributed by atoms with Crippen LogP contribution in [0, 0.1) is 13.8 Å². The SMILES string of the molecule is CCOC(=O)COc1cc(C)c2c(C)c(Cc3ccccc3)c(=O)oc2c1. The number of hydrogen-bond acceptors (Lipinski definition) is 5. The fourth-order valence-electron chi connectivity index (χ4n) is 3.18. The monoisotopic (exact) mass is 366 g/mol. The van der Waals surface area contributed by atoms with E-state index in [9.17, 15) is 9.59 Å². The molecular formula is C22H22O5. The molecule has 0 aliphatic rings. The van der Waals surface area contributed by atoms with Crippen LogP contribution in [0.5, 0.6) is 5.75 Å². The van der Waals surface area contributed by atoms with Crippen LogP contribution in [0.15, 0.2) is 51.7 Å². The van der Waals surface area contributed by atoms with Gasteiger partial charge in [-0.3, -0.25) is 0 Å². The molecule has 1 aromatic heterocycles. The van der Waals surface area contributed by atoms with Gasteiger partial charge in [-0.25, -0.2) is 9.59 Å². The molecule has 0 fully saturated rings. The molecule has 0 aliphatic carbocycles. The molecule has 5 heteroatoms. The van der Waals surface area contributed by atoms with Gasteiger partial charge in [-0.2, -0.15) is 0 Å². The summed E-state index contributed by atoms with van der Waals surface area (Å²) in [6.45, 7) is 5.72. The summed E-state index contributed by atoms with van der Waals surface area (Å²) in [5, 5.41) is 0.893. The van der Waals surface area contributed by atoms with Gasteiger partial charge < -0.3 is 13.9 Å². The molecule has 0 radical (unpaired) electrons. The first-order valence-corrected chi connectivity index (χ1v) is 8.89. The Morgan fingerprint density at radius 1 is 1.11 bits per heavy atom. The Morgan fingerprint density at radius 2 is 1.85 bits per heavy atom. The van der Waals surface area contributed by atoms with Crippen molar-refractivity contribution >= 4 is 16.9 Å². The molecule has 0 bridgehead atoms. The van der Waals surface area contributed by atoms with Gasteiger partial charge >= 0.3 is 11.6 Å². The standard InChI is InChI=1S/C22H22O5/c1-4-25-20(23)13-26-17-10-14(2)21-15(3)18(22(24)27-19(21)12-17)11-16-8-6-5-7-9-16/h5-10,12H,4,11,13H2,1-3H3. The van der Waals surface area contributed by atoms with Gasteiger partial charge in [0.1, 0.15) is 11.3 Å². The summed E-state index contributed by atoms with van der Waals surface area (Å²) in [6, 6.07) is 13.3. The molecule has 0 unspecified atom stereocenters. The van der Waals surface area contributed by atoms with Crippen LogP contribution in [-0.2, 0) is 16.0 Å². The maximum atomic E-state index is 12.6. The largest absolute Gasteiger partial charge is 0.482 e. The topological polar surface area (TPSA) is 65.7 Å². The fraction of sp³-hybridized carbons (Fsp3) is 0.273. The van der Waals surface area contributed by atoms with Crippen molar-refractivity contribution < 1.29 is 18.7 Å². The third-order valence-electron chi connectivity index (χ3n) is 4.44. The first-order valence-electron chi connectivity index (χ1n) is 8.89. The first kappa shape index (κ1) is 18.7. The number of carbonyl (C=O) groups excluding carboxylic acids is 1. The number of carbonyl (C=O) groups is 1. The number of esters is 1. The van der Waals surface area contributed by atoms with E-state index in [2.05, 4.69) is 0 Å². The van der Waals surface area contributed by atoms with Gasteiger partial charge in [0.2, 0.25) is 0 Å². The van der Waals surface area contributed by atoms with E-state index < -0.39 is 5.97 Å². The maximum Gasteiger partial charge on any atom is 0.344 e. The minimum atomic E-state index is -0.439. The van der Waals surface area contributed by atoms with Crippen molar-refractivity contribution in [3.63, 3.8) is 0 Å². The lowest BCUT2D eigenvalue weighted by Crippen LogP contribution is -2.15. The lowest BCUT2D eigenvalue weighted by Gasteiger charge is -2.12. The van der Waals surface area contributed by atoms with E-state index in [1.54, 1.807) is 13.0 Å². The molecule has 0 saturated carbocycles. The predicted molar refractivity (Wildman–Crippen MR) is 103 cm³/mol. The zero-order valence-corrected chi connectivity index (χ0v) is 15.7. The van der Waals surface area contributed by atoms with E-state index in [1.807, 2.05) is 50.2 Å². The summed E-state index contributed by atoms with van der Waals surface area (Å²) in [6.07, 6.45) is 0.519. The molecule has 0 N–H and O–H groups in total.